The number of allylic oxidation sites excluding steroid dienone is 4. The summed E-state index contributed by atoms with van der Waals surface area (Å²) >= 11 is 0. The Morgan fingerprint density at radius 3 is 2.77 bits per heavy atom. The fraction of sp³-hybridized carbons (Fsp3) is 0.455. The number of hydrogen-bond acceptors (Lipinski definition) is 4. The van der Waals surface area contributed by atoms with E-state index in [0.717, 1.165) is 24.2 Å². The lowest BCUT2D eigenvalue weighted by atomic mass is 9.47. The van der Waals surface area contributed by atoms with E-state index in [1.165, 1.54) is 6.92 Å². The van der Waals surface area contributed by atoms with Gasteiger partial charge in [-0.3, -0.25) is 9.59 Å². The molecule has 0 unspecified atom stereocenters. The van der Waals surface area contributed by atoms with Crippen LogP contribution in [0.5, 0.6) is 0 Å². The molecule has 26 heavy (non-hydrogen) atoms. The fourth-order valence-corrected chi connectivity index (χ4v) is 4.22. The maximum absolute atomic E-state index is 13.2. The van der Waals surface area contributed by atoms with E-state index in [4.69, 9.17) is 9.47 Å². The molecule has 0 radical (unpaired) electrons. The second-order valence-corrected chi connectivity index (χ2v) is 7.00. The SMILES string of the molecule is CO/C(=C/[C@@]1(c2ccccc2)C(=O)[C@@H]2CCC=C[C@@H]21)CCCOC(C)=O. The Kier molecular flexibility index (Phi) is 5.60. The molecule has 0 bridgehead atoms. The van der Waals surface area contributed by atoms with Crippen LogP contribution in [-0.2, 0) is 24.5 Å². The summed E-state index contributed by atoms with van der Waals surface area (Å²) in [6, 6.07) is 9.98. The maximum Gasteiger partial charge on any atom is 0.302 e. The molecule has 4 nitrogen and oxygen atoms in total. The average Bonchev–Trinajstić information content (AvgIpc) is 2.67. The molecule has 2 aliphatic carbocycles. The van der Waals surface area contributed by atoms with Crippen LogP contribution in [0.3, 0.4) is 0 Å². The summed E-state index contributed by atoms with van der Waals surface area (Å²) < 4.78 is 10.6. The smallest absolute Gasteiger partial charge is 0.302 e. The molecule has 0 saturated heterocycles. The molecule has 138 valence electrons. The maximum atomic E-state index is 13.2. The van der Waals surface area contributed by atoms with Gasteiger partial charge in [0.1, 0.15) is 0 Å². The first-order chi connectivity index (χ1) is 12.6. The molecule has 1 aromatic carbocycles. The molecule has 0 heterocycles. The molecular weight excluding hydrogens is 328 g/mol. The number of hydrogen-bond donors (Lipinski definition) is 0. The van der Waals surface area contributed by atoms with Gasteiger partial charge in [0.2, 0.25) is 0 Å². The molecule has 1 fully saturated rings. The van der Waals surface area contributed by atoms with Crippen LogP contribution in [0.2, 0.25) is 0 Å². The van der Waals surface area contributed by atoms with Gasteiger partial charge in [-0.25, -0.2) is 0 Å². The van der Waals surface area contributed by atoms with Crippen molar-refractivity contribution < 1.29 is 19.1 Å². The summed E-state index contributed by atoms with van der Waals surface area (Å²) in [5.74, 6) is 1.07. The second-order valence-electron chi connectivity index (χ2n) is 7.00. The number of esters is 1. The van der Waals surface area contributed by atoms with Crippen molar-refractivity contribution in [3.8, 4) is 0 Å². The average molecular weight is 354 g/mol. The molecule has 0 aromatic heterocycles. The van der Waals surface area contributed by atoms with Gasteiger partial charge in [-0.15, -0.1) is 0 Å². The summed E-state index contributed by atoms with van der Waals surface area (Å²) in [4.78, 5) is 24.1. The van der Waals surface area contributed by atoms with E-state index < -0.39 is 5.41 Å². The molecule has 0 aliphatic heterocycles. The number of carbonyl (C=O) groups excluding carboxylic acids is 2. The summed E-state index contributed by atoms with van der Waals surface area (Å²) in [7, 11) is 1.63. The van der Waals surface area contributed by atoms with Crippen molar-refractivity contribution >= 4 is 11.8 Å². The normalized spacial score (nSPS) is 27.5. The van der Waals surface area contributed by atoms with E-state index in [2.05, 4.69) is 12.2 Å². The van der Waals surface area contributed by atoms with Crippen LogP contribution in [0.15, 0.2) is 54.3 Å². The Labute approximate surface area is 154 Å². The van der Waals surface area contributed by atoms with Crippen LogP contribution < -0.4 is 0 Å². The summed E-state index contributed by atoms with van der Waals surface area (Å²) in [6.45, 7) is 1.76. The number of methoxy groups -OCH3 is 1. The first-order valence-corrected chi connectivity index (χ1v) is 9.25. The van der Waals surface area contributed by atoms with Crippen molar-refractivity contribution in [1.29, 1.82) is 0 Å². The van der Waals surface area contributed by atoms with Crippen molar-refractivity contribution in [2.45, 2.75) is 38.0 Å². The number of ketones is 1. The van der Waals surface area contributed by atoms with E-state index in [0.29, 0.717) is 19.4 Å². The van der Waals surface area contributed by atoms with Gasteiger partial charge in [-0.05, 0) is 30.9 Å². The predicted molar refractivity (Wildman–Crippen MR) is 99.4 cm³/mol. The highest BCUT2D eigenvalue weighted by atomic mass is 16.5. The van der Waals surface area contributed by atoms with Crippen molar-refractivity contribution in [3.63, 3.8) is 0 Å². The van der Waals surface area contributed by atoms with Gasteiger partial charge < -0.3 is 9.47 Å². The van der Waals surface area contributed by atoms with E-state index in [1.807, 2.05) is 36.4 Å². The first kappa shape index (κ1) is 18.4. The zero-order valence-electron chi connectivity index (χ0n) is 15.4. The third kappa shape index (κ3) is 3.33. The van der Waals surface area contributed by atoms with E-state index in [1.54, 1.807) is 7.11 Å². The van der Waals surface area contributed by atoms with Gasteiger partial charge in [0.05, 0.1) is 24.9 Å². The molecule has 3 rings (SSSR count). The Balaban J connectivity index is 1.89. The number of rotatable bonds is 7. The molecule has 0 N–H and O–H groups in total. The molecule has 4 heteroatoms. The van der Waals surface area contributed by atoms with Gasteiger partial charge in [0.25, 0.3) is 0 Å². The summed E-state index contributed by atoms with van der Waals surface area (Å²) in [5.41, 5.74) is 0.377. The fourth-order valence-electron chi connectivity index (χ4n) is 4.22. The van der Waals surface area contributed by atoms with Crippen LogP contribution in [0.4, 0.5) is 0 Å². The van der Waals surface area contributed by atoms with Crippen LogP contribution >= 0.6 is 0 Å². The molecule has 1 aromatic rings. The molecule has 0 spiro atoms. The first-order valence-electron chi connectivity index (χ1n) is 9.25. The topological polar surface area (TPSA) is 52.6 Å². The number of carbonyl (C=O) groups is 2. The highest BCUT2D eigenvalue weighted by molar-refractivity contribution is 6.02. The van der Waals surface area contributed by atoms with Crippen LogP contribution in [0, 0.1) is 11.8 Å². The monoisotopic (exact) mass is 354 g/mol. The van der Waals surface area contributed by atoms with Gasteiger partial charge in [0.15, 0.2) is 5.78 Å². The number of ether oxygens (including phenoxy) is 2. The molecule has 2 aliphatic rings. The van der Waals surface area contributed by atoms with E-state index in [-0.39, 0.29) is 23.6 Å². The summed E-state index contributed by atoms with van der Waals surface area (Å²) in [6.07, 6.45) is 9.60. The minimum absolute atomic E-state index is 0.107. The van der Waals surface area contributed by atoms with Crippen molar-refractivity contribution in [1.82, 2.24) is 0 Å². The van der Waals surface area contributed by atoms with Gasteiger partial charge in [0, 0.05) is 25.2 Å². The Hall–Kier alpha value is -2.36. The zero-order chi connectivity index (χ0) is 18.6. The Bertz CT molecular complexity index is 719. The van der Waals surface area contributed by atoms with Crippen molar-refractivity contribution in [2.24, 2.45) is 11.8 Å². The highest BCUT2D eigenvalue weighted by Crippen LogP contribution is 2.55. The minimum Gasteiger partial charge on any atom is -0.501 e. The largest absolute Gasteiger partial charge is 0.501 e. The molecular formula is C22H26O4. The third-order valence-electron chi connectivity index (χ3n) is 5.47. The van der Waals surface area contributed by atoms with Crippen LogP contribution in [0.1, 0.15) is 38.2 Å². The Morgan fingerprint density at radius 2 is 2.08 bits per heavy atom. The third-order valence-corrected chi connectivity index (χ3v) is 5.47. The van der Waals surface area contributed by atoms with Gasteiger partial charge in [-0.2, -0.15) is 0 Å². The van der Waals surface area contributed by atoms with Gasteiger partial charge in [-0.1, -0.05) is 42.5 Å². The Morgan fingerprint density at radius 1 is 1.31 bits per heavy atom. The second kappa shape index (κ2) is 7.90. The van der Waals surface area contributed by atoms with Crippen LogP contribution in [-0.4, -0.2) is 25.5 Å². The predicted octanol–water partition coefficient (Wildman–Crippen LogP) is 3.96. The van der Waals surface area contributed by atoms with Gasteiger partial charge >= 0.3 is 5.97 Å². The molecule has 3 atom stereocenters. The standard InChI is InChI=1S/C22H26O4/c1-16(23)26-14-8-11-18(25-2)15-22(17-9-4-3-5-10-17)20-13-7-6-12-19(20)21(22)24/h3-5,7,9-10,13,15,19-20H,6,8,11-12,14H2,1-2H3/b18-15+/t19-,20+,22+/m1/s1. The quantitative estimate of drug-likeness (QED) is 0.322. The lowest BCUT2D eigenvalue weighted by Gasteiger charge is -2.52. The van der Waals surface area contributed by atoms with Crippen molar-refractivity contribution in [3.05, 3.63) is 59.9 Å². The summed E-state index contributed by atoms with van der Waals surface area (Å²) in [5, 5.41) is 0. The molecule has 0 amide bonds. The van der Waals surface area contributed by atoms with Crippen LogP contribution in [0.25, 0.3) is 0 Å². The van der Waals surface area contributed by atoms with E-state index >= 15 is 0 Å². The lowest BCUT2D eigenvalue weighted by Crippen LogP contribution is -2.60. The lowest BCUT2D eigenvalue weighted by molar-refractivity contribution is -0.142. The van der Waals surface area contributed by atoms with Crippen molar-refractivity contribution in [2.75, 3.05) is 13.7 Å². The van der Waals surface area contributed by atoms with E-state index in [9.17, 15) is 9.59 Å². The number of Topliss-reactive ketones (excluding diaryl/α,β-unsaturated/α-hetero) is 1. The zero-order valence-corrected chi connectivity index (χ0v) is 15.4. The minimum atomic E-state index is -0.643. The molecule has 1 saturated carbocycles. The number of benzene rings is 1. The highest BCUT2D eigenvalue weighted by Gasteiger charge is 2.60. The number of fused-ring (bicyclic) bond motifs is 1.